The second kappa shape index (κ2) is 3.27. The van der Waals surface area contributed by atoms with Crippen LogP contribution < -0.4 is 0 Å². The van der Waals surface area contributed by atoms with Gasteiger partial charge in [0.25, 0.3) is 5.92 Å². The van der Waals surface area contributed by atoms with Crippen molar-refractivity contribution in [2.75, 3.05) is 0 Å². The lowest BCUT2D eigenvalue weighted by Crippen LogP contribution is -2.48. The zero-order valence-corrected chi connectivity index (χ0v) is 7.38. The molecule has 0 heterocycles. The van der Waals surface area contributed by atoms with Gasteiger partial charge >= 0.3 is 6.18 Å². The maximum Gasteiger partial charge on any atom is 0.400 e. The van der Waals surface area contributed by atoms with Gasteiger partial charge in [-0.2, -0.15) is 13.2 Å². The minimum absolute atomic E-state index is 0.268. The van der Waals surface area contributed by atoms with E-state index in [0.29, 0.717) is 6.92 Å². The molecular formula is C8H11F5. The molecule has 0 aliphatic heterocycles. The van der Waals surface area contributed by atoms with Crippen LogP contribution in [0.5, 0.6) is 0 Å². The van der Waals surface area contributed by atoms with E-state index in [9.17, 15) is 22.0 Å². The van der Waals surface area contributed by atoms with E-state index in [1.54, 1.807) is 0 Å². The zero-order chi connectivity index (χ0) is 10.9. The molecule has 0 bridgehead atoms. The maximum absolute atomic E-state index is 12.7. The lowest BCUT2D eigenvalue weighted by molar-refractivity contribution is -0.286. The predicted octanol–water partition coefficient (Wildman–Crippen LogP) is 3.79. The highest BCUT2D eigenvalue weighted by molar-refractivity contribution is 4.96. The summed E-state index contributed by atoms with van der Waals surface area (Å²) in [5.74, 6) is -3.81. The van der Waals surface area contributed by atoms with Crippen molar-refractivity contribution in [3.05, 3.63) is 12.7 Å². The molecule has 0 spiro atoms. The summed E-state index contributed by atoms with van der Waals surface area (Å²) in [6.45, 7) is 3.80. The fourth-order valence-electron chi connectivity index (χ4n) is 0.832. The van der Waals surface area contributed by atoms with Gasteiger partial charge in [0, 0.05) is 6.92 Å². The first-order chi connectivity index (χ1) is 5.56. The molecule has 0 fully saturated rings. The number of alkyl halides is 5. The molecule has 0 saturated carbocycles. The Morgan fingerprint density at radius 1 is 1.08 bits per heavy atom. The highest BCUT2D eigenvalue weighted by atomic mass is 19.4. The second-order valence-corrected chi connectivity index (χ2v) is 3.21. The molecular weight excluding hydrogens is 191 g/mol. The van der Waals surface area contributed by atoms with Crippen molar-refractivity contribution in [3.8, 4) is 0 Å². The van der Waals surface area contributed by atoms with Crippen LogP contribution in [0.25, 0.3) is 0 Å². The van der Waals surface area contributed by atoms with Gasteiger partial charge in [-0.1, -0.05) is 6.08 Å². The smallest absolute Gasteiger partial charge is 0.206 e. The Balaban J connectivity index is 5.07. The van der Waals surface area contributed by atoms with Crippen LogP contribution in [-0.2, 0) is 0 Å². The Labute approximate surface area is 73.4 Å². The van der Waals surface area contributed by atoms with Gasteiger partial charge in [-0.05, 0) is 13.3 Å². The van der Waals surface area contributed by atoms with Crippen molar-refractivity contribution < 1.29 is 22.0 Å². The minimum Gasteiger partial charge on any atom is -0.206 e. The van der Waals surface area contributed by atoms with Crippen LogP contribution >= 0.6 is 0 Å². The summed E-state index contributed by atoms with van der Waals surface area (Å²) in [4.78, 5) is 0. The average Bonchev–Trinajstić information content (AvgIpc) is 1.82. The summed E-state index contributed by atoms with van der Waals surface area (Å²) in [7, 11) is 0. The third-order valence-corrected chi connectivity index (χ3v) is 2.15. The van der Waals surface area contributed by atoms with Gasteiger partial charge in [0.1, 0.15) is 5.41 Å². The van der Waals surface area contributed by atoms with Crippen molar-refractivity contribution in [2.24, 2.45) is 5.41 Å². The van der Waals surface area contributed by atoms with E-state index in [-0.39, 0.29) is 6.92 Å². The molecule has 0 nitrogen and oxygen atoms in total. The van der Waals surface area contributed by atoms with Crippen molar-refractivity contribution in [1.29, 1.82) is 0 Å². The van der Waals surface area contributed by atoms with Crippen LogP contribution in [0, 0.1) is 5.41 Å². The predicted molar refractivity (Wildman–Crippen MR) is 39.6 cm³/mol. The standard InChI is InChI=1S/C8H11F5/c1-4-5-6(2,7(3,9)10)8(11,12)13/h4H,1,5H2,2-3H3. The van der Waals surface area contributed by atoms with Gasteiger partial charge in [0.15, 0.2) is 0 Å². The quantitative estimate of drug-likeness (QED) is 0.482. The number of allylic oxidation sites excluding steroid dienone is 1. The third kappa shape index (κ3) is 2.19. The van der Waals surface area contributed by atoms with Crippen LogP contribution in [0.15, 0.2) is 12.7 Å². The van der Waals surface area contributed by atoms with Gasteiger partial charge in [-0.25, -0.2) is 8.78 Å². The average molecular weight is 202 g/mol. The molecule has 0 aromatic rings. The number of halogens is 5. The monoisotopic (exact) mass is 202 g/mol. The molecule has 0 aromatic heterocycles. The van der Waals surface area contributed by atoms with Crippen LogP contribution in [0.4, 0.5) is 22.0 Å². The highest BCUT2D eigenvalue weighted by Gasteiger charge is 2.62. The molecule has 13 heavy (non-hydrogen) atoms. The minimum atomic E-state index is -4.93. The van der Waals surface area contributed by atoms with Crippen molar-refractivity contribution in [2.45, 2.75) is 32.4 Å². The molecule has 0 amide bonds. The van der Waals surface area contributed by atoms with E-state index in [0.717, 1.165) is 6.08 Å². The van der Waals surface area contributed by atoms with Crippen LogP contribution in [0.2, 0.25) is 0 Å². The van der Waals surface area contributed by atoms with Gasteiger partial charge < -0.3 is 0 Å². The molecule has 0 radical (unpaired) electrons. The fraction of sp³-hybridized carbons (Fsp3) is 0.750. The first kappa shape index (κ1) is 12.4. The summed E-state index contributed by atoms with van der Waals surface area (Å²) in [6.07, 6.45) is -4.87. The Bertz CT molecular complexity index is 172. The van der Waals surface area contributed by atoms with E-state index in [2.05, 4.69) is 6.58 Å². The van der Waals surface area contributed by atoms with Crippen LogP contribution in [0.1, 0.15) is 20.3 Å². The van der Waals surface area contributed by atoms with Crippen molar-refractivity contribution >= 4 is 0 Å². The molecule has 78 valence electrons. The fourth-order valence-corrected chi connectivity index (χ4v) is 0.832. The summed E-state index contributed by atoms with van der Waals surface area (Å²) >= 11 is 0. The van der Waals surface area contributed by atoms with Crippen LogP contribution in [0.3, 0.4) is 0 Å². The summed E-state index contributed by atoms with van der Waals surface area (Å²) in [5, 5.41) is 0. The summed E-state index contributed by atoms with van der Waals surface area (Å²) < 4.78 is 62.2. The first-order valence-corrected chi connectivity index (χ1v) is 3.61. The van der Waals surface area contributed by atoms with E-state index in [1.165, 1.54) is 0 Å². The lowest BCUT2D eigenvalue weighted by Gasteiger charge is -2.36. The van der Waals surface area contributed by atoms with Gasteiger partial charge in [0.2, 0.25) is 0 Å². The molecule has 1 unspecified atom stereocenters. The van der Waals surface area contributed by atoms with Crippen molar-refractivity contribution in [1.82, 2.24) is 0 Å². The highest BCUT2D eigenvalue weighted by Crippen LogP contribution is 2.51. The molecule has 1 atom stereocenters. The Morgan fingerprint density at radius 3 is 1.54 bits per heavy atom. The lowest BCUT2D eigenvalue weighted by atomic mass is 9.80. The van der Waals surface area contributed by atoms with Crippen molar-refractivity contribution in [3.63, 3.8) is 0 Å². The van der Waals surface area contributed by atoms with E-state index >= 15 is 0 Å². The Hall–Kier alpha value is -0.610. The topological polar surface area (TPSA) is 0 Å². The third-order valence-electron chi connectivity index (χ3n) is 2.15. The van der Waals surface area contributed by atoms with Gasteiger partial charge in [-0.3, -0.25) is 0 Å². The first-order valence-electron chi connectivity index (χ1n) is 3.61. The van der Waals surface area contributed by atoms with Gasteiger partial charge in [-0.15, -0.1) is 6.58 Å². The molecule has 0 aliphatic rings. The summed E-state index contributed by atoms with van der Waals surface area (Å²) in [5.41, 5.74) is -3.03. The van der Waals surface area contributed by atoms with E-state index < -0.39 is 23.9 Å². The van der Waals surface area contributed by atoms with Gasteiger partial charge in [0.05, 0.1) is 0 Å². The molecule has 5 heteroatoms. The number of hydrogen-bond donors (Lipinski definition) is 0. The largest absolute Gasteiger partial charge is 0.400 e. The molecule has 0 N–H and O–H groups in total. The number of hydrogen-bond acceptors (Lipinski definition) is 0. The van der Waals surface area contributed by atoms with E-state index in [1.807, 2.05) is 0 Å². The SMILES string of the molecule is C=CCC(C)(C(C)(F)F)C(F)(F)F. The van der Waals surface area contributed by atoms with Crippen LogP contribution in [-0.4, -0.2) is 12.1 Å². The molecule has 0 rings (SSSR count). The second-order valence-electron chi connectivity index (χ2n) is 3.21. The summed E-state index contributed by atoms with van der Waals surface area (Å²) in [6, 6.07) is 0. The molecule has 0 saturated heterocycles. The maximum atomic E-state index is 12.7. The normalized spacial score (nSPS) is 18.1. The molecule has 0 aromatic carbocycles. The van der Waals surface area contributed by atoms with E-state index in [4.69, 9.17) is 0 Å². The zero-order valence-electron chi connectivity index (χ0n) is 7.38. The number of rotatable bonds is 3. The molecule has 0 aliphatic carbocycles. The Morgan fingerprint density at radius 2 is 1.46 bits per heavy atom. The Kier molecular flexibility index (Phi) is 3.12.